The summed E-state index contributed by atoms with van der Waals surface area (Å²) in [7, 11) is 0. The fraction of sp³-hybridized carbons (Fsp3) is 0.250. The molecule has 124 valence electrons. The highest BCUT2D eigenvalue weighted by molar-refractivity contribution is 5.99. The van der Waals surface area contributed by atoms with Crippen molar-refractivity contribution in [2.24, 2.45) is 0 Å². The first-order valence-electron chi connectivity index (χ1n) is 7.41. The van der Waals surface area contributed by atoms with Crippen LogP contribution in [0, 0.1) is 10.1 Å². The van der Waals surface area contributed by atoms with Gasteiger partial charge in [0.1, 0.15) is 18.8 Å². The van der Waals surface area contributed by atoms with Gasteiger partial charge >= 0.3 is 0 Å². The molecule has 8 heteroatoms. The van der Waals surface area contributed by atoms with Gasteiger partial charge in [0.15, 0.2) is 11.5 Å². The summed E-state index contributed by atoms with van der Waals surface area (Å²) in [4.78, 5) is 27.1. The smallest absolute Gasteiger partial charge is 0.286 e. The van der Waals surface area contributed by atoms with E-state index in [9.17, 15) is 14.9 Å². The van der Waals surface area contributed by atoms with Crippen molar-refractivity contribution >= 4 is 11.6 Å². The number of amides is 1. The first kappa shape index (κ1) is 15.7. The minimum Gasteiger partial charge on any atom is -0.486 e. The number of nitro benzene ring substituents is 1. The Morgan fingerprint density at radius 2 is 2.00 bits per heavy atom. The summed E-state index contributed by atoms with van der Waals surface area (Å²) in [5.41, 5.74) is 0.467. The molecule has 1 aromatic carbocycles. The molecule has 0 radical (unpaired) electrons. The number of nitrogens with one attached hydrogen (secondary N) is 1. The molecule has 1 aromatic heterocycles. The monoisotopic (exact) mass is 329 g/mol. The Morgan fingerprint density at radius 3 is 2.67 bits per heavy atom. The molecule has 0 atom stereocenters. The standard InChI is InChI=1S/C16H15N3O5/c20-16(18-6-4-11-3-1-2-5-17-11)12-9-14-15(24-8-7-23-14)10-13(12)19(21)22/h1-3,5,9-10H,4,6-8H2,(H,18,20). The number of hydrogen-bond acceptors (Lipinski definition) is 6. The van der Waals surface area contributed by atoms with E-state index in [4.69, 9.17) is 9.47 Å². The molecule has 0 saturated carbocycles. The number of ether oxygens (including phenoxy) is 2. The molecule has 2 aromatic rings. The Kier molecular flexibility index (Phi) is 4.55. The van der Waals surface area contributed by atoms with Gasteiger partial charge in [-0.2, -0.15) is 0 Å². The quantitative estimate of drug-likeness (QED) is 0.662. The molecule has 0 aliphatic carbocycles. The van der Waals surface area contributed by atoms with Crippen LogP contribution >= 0.6 is 0 Å². The molecular formula is C16H15N3O5. The average molecular weight is 329 g/mol. The van der Waals surface area contributed by atoms with Crippen molar-refractivity contribution < 1.29 is 19.2 Å². The zero-order valence-corrected chi connectivity index (χ0v) is 12.7. The minimum atomic E-state index is -0.605. The van der Waals surface area contributed by atoms with E-state index in [2.05, 4.69) is 10.3 Å². The predicted octanol–water partition coefficient (Wildman–Crippen LogP) is 1.73. The van der Waals surface area contributed by atoms with E-state index in [0.717, 1.165) is 5.69 Å². The van der Waals surface area contributed by atoms with Crippen molar-refractivity contribution in [3.8, 4) is 11.5 Å². The normalized spacial score (nSPS) is 12.5. The van der Waals surface area contributed by atoms with Crippen molar-refractivity contribution in [3.63, 3.8) is 0 Å². The highest BCUT2D eigenvalue weighted by Crippen LogP contribution is 2.36. The molecular weight excluding hydrogens is 314 g/mol. The van der Waals surface area contributed by atoms with Gasteiger partial charge in [-0.3, -0.25) is 19.9 Å². The van der Waals surface area contributed by atoms with E-state index in [-0.39, 0.29) is 17.0 Å². The van der Waals surface area contributed by atoms with Gasteiger partial charge in [0.25, 0.3) is 11.6 Å². The predicted molar refractivity (Wildman–Crippen MR) is 84.4 cm³/mol. The Bertz CT molecular complexity index is 764. The van der Waals surface area contributed by atoms with Crippen LogP contribution < -0.4 is 14.8 Å². The molecule has 8 nitrogen and oxygen atoms in total. The first-order valence-corrected chi connectivity index (χ1v) is 7.41. The molecule has 0 spiro atoms. The summed E-state index contributed by atoms with van der Waals surface area (Å²) in [6, 6.07) is 8.08. The molecule has 1 aliphatic rings. The van der Waals surface area contributed by atoms with E-state index >= 15 is 0 Å². The van der Waals surface area contributed by atoms with Crippen LogP contribution in [0.1, 0.15) is 16.1 Å². The zero-order valence-electron chi connectivity index (χ0n) is 12.7. The van der Waals surface area contributed by atoms with Crippen LogP contribution in [0.4, 0.5) is 5.69 Å². The highest BCUT2D eigenvalue weighted by atomic mass is 16.6. The summed E-state index contributed by atoms with van der Waals surface area (Å²) >= 11 is 0. The maximum atomic E-state index is 12.3. The molecule has 24 heavy (non-hydrogen) atoms. The zero-order chi connectivity index (χ0) is 16.9. The molecule has 0 bridgehead atoms. The Morgan fingerprint density at radius 1 is 1.25 bits per heavy atom. The first-order chi connectivity index (χ1) is 11.6. The molecule has 0 saturated heterocycles. The third-order valence-electron chi connectivity index (χ3n) is 3.49. The van der Waals surface area contributed by atoms with Gasteiger partial charge < -0.3 is 14.8 Å². The van der Waals surface area contributed by atoms with Gasteiger partial charge in [-0.25, -0.2) is 0 Å². The fourth-order valence-corrected chi connectivity index (χ4v) is 2.36. The van der Waals surface area contributed by atoms with E-state index in [1.54, 1.807) is 12.3 Å². The van der Waals surface area contributed by atoms with Crippen LogP contribution in [0.2, 0.25) is 0 Å². The molecule has 0 fully saturated rings. The third kappa shape index (κ3) is 3.43. The van der Waals surface area contributed by atoms with Crippen LogP contribution in [0.25, 0.3) is 0 Å². The number of aromatic nitrogens is 1. The Balaban J connectivity index is 1.74. The molecule has 3 rings (SSSR count). The van der Waals surface area contributed by atoms with E-state index in [1.165, 1.54) is 12.1 Å². The van der Waals surface area contributed by atoms with E-state index in [1.807, 2.05) is 12.1 Å². The minimum absolute atomic E-state index is 0.0507. The van der Waals surface area contributed by atoms with Crippen LogP contribution in [0.5, 0.6) is 11.5 Å². The maximum Gasteiger partial charge on any atom is 0.286 e. The van der Waals surface area contributed by atoms with Crippen molar-refractivity contribution in [1.29, 1.82) is 0 Å². The molecule has 1 N–H and O–H groups in total. The van der Waals surface area contributed by atoms with Crippen LogP contribution in [0.3, 0.4) is 0 Å². The average Bonchev–Trinajstić information content (AvgIpc) is 2.61. The number of benzene rings is 1. The van der Waals surface area contributed by atoms with Crippen molar-refractivity contribution in [1.82, 2.24) is 10.3 Å². The number of fused-ring (bicyclic) bond motifs is 1. The summed E-state index contributed by atoms with van der Waals surface area (Å²) < 4.78 is 10.7. The Hall–Kier alpha value is -3.16. The van der Waals surface area contributed by atoms with Gasteiger partial charge in [-0.1, -0.05) is 6.07 Å². The number of hydrogen-bond donors (Lipinski definition) is 1. The topological polar surface area (TPSA) is 104 Å². The highest BCUT2D eigenvalue weighted by Gasteiger charge is 2.26. The van der Waals surface area contributed by atoms with Crippen LogP contribution in [-0.2, 0) is 6.42 Å². The van der Waals surface area contributed by atoms with Gasteiger partial charge in [0.05, 0.1) is 11.0 Å². The van der Waals surface area contributed by atoms with Crippen LogP contribution in [-0.4, -0.2) is 35.6 Å². The van der Waals surface area contributed by atoms with Crippen LogP contribution in [0.15, 0.2) is 36.5 Å². The van der Waals surface area contributed by atoms with Crippen molar-refractivity contribution in [2.75, 3.05) is 19.8 Å². The lowest BCUT2D eigenvalue weighted by Crippen LogP contribution is -2.27. The number of nitrogens with zero attached hydrogens (tertiary/aromatic N) is 2. The lowest BCUT2D eigenvalue weighted by Gasteiger charge is -2.18. The lowest BCUT2D eigenvalue weighted by atomic mass is 10.1. The van der Waals surface area contributed by atoms with E-state index < -0.39 is 10.8 Å². The fourth-order valence-electron chi connectivity index (χ4n) is 2.36. The number of rotatable bonds is 5. The number of carbonyl (C=O) groups is 1. The number of pyridine rings is 1. The summed E-state index contributed by atoms with van der Waals surface area (Å²) in [5.74, 6) is 0.0781. The van der Waals surface area contributed by atoms with Gasteiger partial charge in [-0.15, -0.1) is 0 Å². The summed E-state index contributed by atoms with van der Waals surface area (Å²) in [5, 5.41) is 13.9. The largest absolute Gasteiger partial charge is 0.486 e. The lowest BCUT2D eigenvalue weighted by molar-refractivity contribution is -0.385. The second-order valence-corrected chi connectivity index (χ2v) is 5.10. The molecule has 0 unspecified atom stereocenters. The Labute approximate surface area is 137 Å². The molecule has 1 amide bonds. The molecule has 2 heterocycles. The van der Waals surface area contributed by atoms with Gasteiger partial charge in [-0.05, 0) is 12.1 Å². The second kappa shape index (κ2) is 6.95. The van der Waals surface area contributed by atoms with Crippen molar-refractivity contribution in [2.45, 2.75) is 6.42 Å². The summed E-state index contributed by atoms with van der Waals surface area (Å²) in [6.45, 7) is 0.979. The number of nitro groups is 1. The summed E-state index contributed by atoms with van der Waals surface area (Å²) in [6.07, 6.45) is 2.20. The van der Waals surface area contributed by atoms with E-state index in [0.29, 0.717) is 31.9 Å². The molecule has 1 aliphatic heterocycles. The third-order valence-corrected chi connectivity index (χ3v) is 3.49. The van der Waals surface area contributed by atoms with Crippen molar-refractivity contribution in [3.05, 3.63) is 57.9 Å². The second-order valence-electron chi connectivity index (χ2n) is 5.10. The SMILES string of the molecule is O=C(NCCc1ccccn1)c1cc2c(cc1[N+](=O)[O-])OCCO2. The number of carbonyl (C=O) groups excluding carboxylic acids is 1. The maximum absolute atomic E-state index is 12.3. The van der Waals surface area contributed by atoms with Gasteiger partial charge in [0.2, 0.25) is 0 Å². The van der Waals surface area contributed by atoms with Gasteiger partial charge in [0, 0.05) is 30.9 Å².